The second kappa shape index (κ2) is 12.1. The Morgan fingerprint density at radius 3 is 2.40 bits per heavy atom. The van der Waals surface area contributed by atoms with E-state index < -0.39 is 18.0 Å². The standard InChI is InChI=1S/C26H40N4O5/c1-17(2)12-21-25(32)29(15-18-10-11-22(34-3)23(13-18)35-4)16-20(14-24(27)31)30(21)26(33)28-19-8-6-5-7-9-19/h10-11,13,17,19-21H,5-9,12,14-16H2,1-4H3,(H2,27,31)(H,28,33)/t20-,21-/m0/s1. The second-order valence-corrected chi connectivity index (χ2v) is 10.1. The SMILES string of the molecule is COc1ccc(CN2C[C@H](CC(N)=O)N(C(=O)NC3CCCCC3)[C@@H](CC(C)C)C2=O)cc1OC. The number of urea groups is 1. The largest absolute Gasteiger partial charge is 0.493 e. The molecule has 1 saturated heterocycles. The molecule has 1 saturated carbocycles. The van der Waals surface area contributed by atoms with Crippen LogP contribution in [0.2, 0.25) is 0 Å². The van der Waals surface area contributed by atoms with E-state index in [-0.39, 0.29) is 36.9 Å². The highest BCUT2D eigenvalue weighted by Gasteiger charge is 2.44. The molecule has 0 bridgehead atoms. The van der Waals surface area contributed by atoms with Gasteiger partial charge in [0.25, 0.3) is 0 Å². The van der Waals surface area contributed by atoms with Gasteiger partial charge in [-0.05, 0) is 42.9 Å². The molecule has 3 N–H and O–H groups in total. The van der Waals surface area contributed by atoms with Crippen molar-refractivity contribution in [1.29, 1.82) is 0 Å². The summed E-state index contributed by atoms with van der Waals surface area (Å²) in [5, 5.41) is 3.14. The van der Waals surface area contributed by atoms with Crippen LogP contribution < -0.4 is 20.5 Å². The van der Waals surface area contributed by atoms with Gasteiger partial charge in [0.2, 0.25) is 11.8 Å². The lowest BCUT2D eigenvalue weighted by atomic mass is 9.94. The molecular formula is C26H40N4O5. The molecule has 1 aromatic rings. The van der Waals surface area contributed by atoms with Crippen molar-refractivity contribution in [3.05, 3.63) is 23.8 Å². The highest BCUT2D eigenvalue weighted by atomic mass is 16.5. The molecule has 2 aliphatic rings. The highest BCUT2D eigenvalue weighted by Crippen LogP contribution is 2.30. The van der Waals surface area contributed by atoms with Crippen molar-refractivity contribution in [2.45, 2.75) is 83.5 Å². The summed E-state index contributed by atoms with van der Waals surface area (Å²) in [7, 11) is 3.14. The van der Waals surface area contributed by atoms with Crippen LogP contribution >= 0.6 is 0 Å². The van der Waals surface area contributed by atoms with E-state index in [0.717, 1.165) is 31.2 Å². The number of amides is 4. The second-order valence-electron chi connectivity index (χ2n) is 10.1. The van der Waals surface area contributed by atoms with E-state index in [1.165, 1.54) is 6.42 Å². The van der Waals surface area contributed by atoms with E-state index in [0.29, 0.717) is 24.5 Å². The minimum Gasteiger partial charge on any atom is -0.493 e. The molecule has 4 amide bonds. The lowest BCUT2D eigenvalue weighted by Gasteiger charge is -2.46. The van der Waals surface area contributed by atoms with Gasteiger partial charge < -0.3 is 30.3 Å². The van der Waals surface area contributed by atoms with Crippen molar-refractivity contribution in [2.75, 3.05) is 20.8 Å². The molecule has 1 aromatic carbocycles. The average molecular weight is 489 g/mol. The first kappa shape index (κ1) is 26.6. The number of carbonyl (C=O) groups is 3. The molecule has 2 fully saturated rings. The van der Waals surface area contributed by atoms with Crippen molar-refractivity contribution in [3.8, 4) is 11.5 Å². The average Bonchev–Trinajstić information content (AvgIpc) is 2.81. The van der Waals surface area contributed by atoms with Gasteiger partial charge in [-0.15, -0.1) is 0 Å². The minimum atomic E-state index is -0.656. The van der Waals surface area contributed by atoms with Gasteiger partial charge in [-0.1, -0.05) is 39.2 Å². The fourth-order valence-electron chi connectivity index (χ4n) is 5.22. The summed E-state index contributed by atoms with van der Waals surface area (Å²) in [6.45, 7) is 4.63. The molecule has 2 atom stereocenters. The first-order chi connectivity index (χ1) is 16.7. The van der Waals surface area contributed by atoms with Crippen LogP contribution in [0.4, 0.5) is 4.79 Å². The topological polar surface area (TPSA) is 114 Å². The fourth-order valence-corrected chi connectivity index (χ4v) is 5.22. The van der Waals surface area contributed by atoms with Crippen LogP contribution in [0.5, 0.6) is 11.5 Å². The van der Waals surface area contributed by atoms with Crippen LogP contribution in [0.3, 0.4) is 0 Å². The van der Waals surface area contributed by atoms with Gasteiger partial charge in [0.15, 0.2) is 11.5 Å². The molecule has 0 spiro atoms. The zero-order valence-corrected chi connectivity index (χ0v) is 21.4. The van der Waals surface area contributed by atoms with Crippen molar-refractivity contribution < 1.29 is 23.9 Å². The number of nitrogens with one attached hydrogen (secondary N) is 1. The van der Waals surface area contributed by atoms with Crippen molar-refractivity contribution >= 4 is 17.8 Å². The van der Waals surface area contributed by atoms with E-state index >= 15 is 0 Å². The lowest BCUT2D eigenvalue weighted by molar-refractivity contribution is -0.145. The van der Waals surface area contributed by atoms with Crippen molar-refractivity contribution in [2.24, 2.45) is 11.7 Å². The van der Waals surface area contributed by atoms with Crippen LogP contribution in [0.25, 0.3) is 0 Å². The predicted octanol–water partition coefficient (Wildman–Crippen LogP) is 3.05. The van der Waals surface area contributed by atoms with Gasteiger partial charge in [0.05, 0.1) is 20.3 Å². The Kier molecular flexibility index (Phi) is 9.23. The van der Waals surface area contributed by atoms with E-state index in [4.69, 9.17) is 15.2 Å². The molecule has 1 aliphatic carbocycles. The number of nitrogens with zero attached hydrogens (tertiary/aromatic N) is 2. The van der Waals surface area contributed by atoms with Gasteiger partial charge in [0.1, 0.15) is 6.04 Å². The van der Waals surface area contributed by atoms with Gasteiger partial charge in [-0.3, -0.25) is 9.59 Å². The first-order valence-corrected chi connectivity index (χ1v) is 12.6. The smallest absolute Gasteiger partial charge is 0.318 e. The molecule has 9 heteroatoms. The lowest BCUT2D eigenvalue weighted by Crippen LogP contribution is -2.66. The summed E-state index contributed by atoms with van der Waals surface area (Å²) < 4.78 is 10.7. The maximum Gasteiger partial charge on any atom is 0.318 e. The number of rotatable bonds is 9. The van der Waals surface area contributed by atoms with E-state index in [1.807, 2.05) is 26.0 Å². The molecule has 1 aliphatic heterocycles. The molecule has 1 heterocycles. The fraction of sp³-hybridized carbons (Fsp3) is 0.654. The number of nitrogens with two attached hydrogens (primary N) is 1. The predicted molar refractivity (Wildman–Crippen MR) is 133 cm³/mol. The van der Waals surface area contributed by atoms with Gasteiger partial charge in [-0.25, -0.2) is 4.79 Å². The number of methoxy groups -OCH3 is 2. The number of primary amides is 1. The Morgan fingerprint density at radius 1 is 1.11 bits per heavy atom. The van der Waals surface area contributed by atoms with E-state index in [9.17, 15) is 14.4 Å². The van der Waals surface area contributed by atoms with Crippen LogP contribution in [-0.4, -0.2) is 66.5 Å². The van der Waals surface area contributed by atoms with E-state index in [1.54, 1.807) is 30.1 Å². The maximum atomic E-state index is 13.7. The number of hydrogen-bond acceptors (Lipinski definition) is 5. The zero-order chi connectivity index (χ0) is 25.5. The molecule has 0 aromatic heterocycles. The molecule has 9 nitrogen and oxygen atoms in total. The van der Waals surface area contributed by atoms with Crippen LogP contribution in [0, 0.1) is 5.92 Å². The van der Waals surface area contributed by atoms with Gasteiger partial charge in [-0.2, -0.15) is 0 Å². The van der Waals surface area contributed by atoms with Gasteiger partial charge >= 0.3 is 6.03 Å². The Hall–Kier alpha value is -2.97. The minimum absolute atomic E-state index is 0.00238. The van der Waals surface area contributed by atoms with Crippen molar-refractivity contribution in [3.63, 3.8) is 0 Å². The summed E-state index contributed by atoms with van der Waals surface area (Å²) in [6.07, 6.45) is 5.74. The summed E-state index contributed by atoms with van der Waals surface area (Å²) in [5.41, 5.74) is 6.46. The normalized spacial score (nSPS) is 21.2. The Morgan fingerprint density at radius 2 is 1.80 bits per heavy atom. The summed E-state index contributed by atoms with van der Waals surface area (Å²) in [4.78, 5) is 42.5. The van der Waals surface area contributed by atoms with Gasteiger partial charge in [0, 0.05) is 25.6 Å². The summed E-state index contributed by atoms with van der Waals surface area (Å²) in [5.74, 6) is 0.762. The molecule has 0 unspecified atom stereocenters. The number of hydrogen-bond donors (Lipinski definition) is 2. The Labute approximate surface area is 208 Å². The molecule has 35 heavy (non-hydrogen) atoms. The third kappa shape index (κ3) is 6.80. The highest BCUT2D eigenvalue weighted by molar-refractivity contribution is 5.89. The van der Waals surface area contributed by atoms with Crippen LogP contribution in [-0.2, 0) is 16.1 Å². The quantitative estimate of drug-likeness (QED) is 0.555. The number of benzene rings is 1. The number of piperazine rings is 1. The Balaban J connectivity index is 1.87. The monoisotopic (exact) mass is 488 g/mol. The first-order valence-electron chi connectivity index (χ1n) is 12.6. The molecular weight excluding hydrogens is 448 g/mol. The van der Waals surface area contributed by atoms with E-state index in [2.05, 4.69) is 5.32 Å². The third-order valence-electron chi connectivity index (χ3n) is 6.88. The van der Waals surface area contributed by atoms with Crippen LogP contribution in [0.1, 0.15) is 64.4 Å². The molecule has 0 radical (unpaired) electrons. The number of carbonyl (C=O) groups excluding carboxylic acids is 3. The van der Waals surface area contributed by atoms with Crippen LogP contribution in [0.15, 0.2) is 18.2 Å². The molecule has 3 rings (SSSR count). The van der Waals surface area contributed by atoms with Crippen molar-refractivity contribution in [1.82, 2.24) is 15.1 Å². The summed E-state index contributed by atoms with van der Waals surface area (Å²) >= 11 is 0. The molecule has 194 valence electrons. The third-order valence-corrected chi connectivity index (χ3v) is 6.88. The zero-order valence-electron chi connectivity index (χ0n) is 21.4. The summed E-state index contributed by atoms with van der Waals surface area (Å²) in [6, 6.07) is 4.22. The Bertz CT molecular complexity index is 900. The number of ether oxygens (including phenoxy) is 2. The maximum absolute atomic E-state index is 13.7.